The highest BCUT2D eigenvalue weighted by Crippen LogP contribution is 2.42. The highest BCUT2D eigenvalue weighted by atomic mass is 79.9. The Morgan fingerprint density at radius 1 is 1.14 bits per heavy atom. The van der Waals surface area contributed by atoms with E-state index in [9.17, 15) is 0 Å². The van der Waals surface area contributed by atoms with E-state index in [0.29, 0.717) is 5.41 Å². The monoisotopic (exact) mass is 252 g/mol. The molecule has 0 spiro atoms. The number of rotatable bonds is 2. The van der Waals surface area contributed by atoms with Crippen LogP contribution in [0.5, 0.6) is 0 Å². The fraction of sp³-hybridized carbons (Fsp3) is 0.538. The van der Waals surface area contributed by atoms with Crippen LogP contribution in [-0.2, 0) is 5.41 Å². The van der Waals surface area contributed by atoms with Gasteiger partial charge in [0.15, 0.2) is 0 Å². The van der Waals surface area contributed by atoms with Crippen LogP contribution in [-0.4, -0.2) is 5.33 Å². The molecule has 1 saturated carbocycles. The lowest BCUT2D eigenvalue weighted by Gasteiger charge is -2.27. The number of aryl methyl sites for hydroxylation is 1. The van der Waals surface area contributed by atoms with E-state index in [0.717, 1.165) is 5.33 Å². The lowest BCUT2D eigenvalue weighted by Crippen LogP contribution is -2.23. The zero-order valence-electron chi connectivity index (χ0n) is 8.72. The predicted octanol–water partition coefficient (Wildman–Crippen LogP) is 4.20. The van der Waals surface area contributed by atoms with Crippen molar-refractivity contribution in [1.82, 2.24) is 0 Å². The maximum absolute atomic E-state index is 3.69. The second kappa shape index (κ2) is 4.06. The number of hydrogen-bond donors (Lipinski definition) is 0. The Balaban J connectivity index is 2.31. The quantitative estimate of drug-likeness (QED) is 0.693. The van der Waals surface area contributed by atoms with Gasteiger partial charge in [0.25, 0.3) is 0 Å². The first-order valence-corrected chi connectivity index (χ1v) is 6.52. The average Bonchev–Trinajstić information content (AvgIpc) is 2.68. The lowest BCUT2D eigenvalue weighted by atomic mass is 9.81. The summed E-state index contributed by atoms with van der Waals surface area (Å²) in [6.07, 6.45) is 5.47. The second-order valence-electron chi connectivity index (χ2n) is 4.49. The van der Waals surface area contributed by atoms with Crippen LogP contribution >= 0.6 is 15.9 Å². The number of benzene rings is 1. The molecule has 0 aromatic heterocycles. The van der Waals surface area contributed by atoms with Gasteiger partial charge in [-0.3, -0.25) is 0 Å². The summed E-state index contributed by atoms with van der Waals surface area (Å²) < 4.78 is 0. The standard InChI is InChI=1S/C13H17Br/c1-11-4-6-12(7-5-11)13(10-14)8-2-3-9-13/h4-7H,2-3,8-10H2,1H3. The topological polar surface area (TPSA) is 0 Å². The Morgan fingerprint density at radius 2 is 1.71 bits per heavy atom. The molecule has 1 fully saturated rings. The van der Waals surface area contributed by atoms with Gasteiger partial charge >= 0.3 is 0 Å². The van der Waals surface area contributed by atoms with Crippen LogP contribution in [0, 0.1) is 6.92 Å². The zero-order chi connectivity index (χ0) is 10.0. The van der Waals surface area contributed by atoms with Gasteiger partial charge in [-0.05, 0) is 25.3 Å². The summed E-state index contributed by atoms with van der Waals surface area (Å²) in [6.45, 7) is 2.15. The molecule has 0 atom stereocenters. The van der Waals surface area contributed by atoms with Gasteiger partial charge in [0.1, 0.15) is 0 Å². The normalized spacial score (nSPS) is 19.9. The fourth-order valence-corrected chi connectivity index (χ4v) is 3.34. The average molecular weight is 253 g/mol. The second-order valence-corrected chi connectivity index (χ2v) is 5.05. The van der Waals surface area contributed by atoms with Crippen LogP contribution in [0.2, 0.25) is 0 Å². The third kappa shape index (κ3) is 1.75. The molecule has 0 nitrogen and oxygen atoms in total. The number of hydrogen-bond acceptors (Lipinski definition) is 0. The maximum Gasteiger partial charge on any atom is 0.0129 e. The van der Waals surface area contributed by atoms with E-state index in [4.69, 9.17) is 0 Å². The Bertz CT molecular complexity index is 294. The molecule has 0 amide bonds. The van der Waals surface area contributed by atoms with Crippen LogP contribution in [0.25, 0.3) is 0 Å². The first-order valence-electron chi connectivity index (χ1n) is 5.40. The van der Waals surface area contributed by atoms with Crippen molar-refractivity contribution in [2.24, 2.45) is 0 Å². The van der Waals surface area contributed by atoms with Crippen LogP contribution in [0.4, 0.5) is 0 Å². The van der Waals surface area contributed by atoms with Crippen molar-refractivity contribution in [2.45, 2.75) is 38.0 Å². The van der Waals surface area contributed by atoms with Gasteiger partial charge < -0.3 is 0 Å². The van der Waals surface area contributed by atoms with E-state index in [1.807, 2.05) is 0 Å². The molecule has 1 heteroatoms. The first kappa shape index (κ1) is 10.2. The van der Waals surface area contributed by atoms with E-state index in [2.05, 4.69) is 47.1 Å². The lowest BCUT2D eigenvalue weighted by molar-refractivity contribution is 0.505. The Morgan fingerprint density at radius 3 is 2.21 bits per heavy atom. The van der Waals surface area contributed by atoms with Crippen LogP contribution in [0.15, 0.2) is 24.3 Å². The van der Waals surface area contributed by atoms with E-state index in [1.54, 1.807) is 0 Å². The van der Waals surface area contributed by atoms with Crippen LogP contribution in [0.3, 0.4) is 0 Å². The third-order valence-electron chi connectivity index (χ3n) is 3.48. The van der Waals surface area contributed by atoms with Gasteiger partial charge in [-0.15, -0.1) is 0 Å². The van der Waals surface area contributed by atoms with Gasteiger partial charge in [0.2, 0.25) is 0 Å². The number of halogens is 1. The largest absolute Gasteiger partial charge is 0.0918 e. The molecule has 0 heterocycles. The molecule has 0 unspecified atom stereocenters. The van der Waals surface area contributed by atoms with Crippen molar-refractivity contribution in [3.05, 3.63) is 35.4 Å². The SMILES string of the molecule is Cc1ccc(C2(CBr)CCCC2)cc1. The Hall–Kier alpha value is -0.300. The molecule has 1 aromatic rings. The molecule has 0 bridgehead atoms. The molecule has 14 heavy (non-hydrogen) atoms. The molecular formula is C13H17Br. The minimum atomic E-state index is 0.438. The van der Waals surface area contributed by atoms with E-state index >= 15 is 0 Å². The molecule has 0 radical (unpaired) electrons. The summed E-state index contributed by atoms with van der Waals surface area (Å²) in [5.41, 5.74) is 3.32. The van der Waals surface area contributed by atoms with Crippen molar-refractivity contribution >= 4 is 15.9 Å². The summed E-state index contributed by atoms with van der Waals surface area (Å²) in [5, 5.41) is 1.11. The summed E-state index contributed by atoms with van der Waals surface area (Å²) in [6, 6.07) is 9.08. The van der Waals surface area contributed by atoms with E-state index in [-0.39, 0.29) is 0 Å². The first-order chi connectivity index (χ1) is 6.77. The Labute approximate surface area is 94.8 Å². The summed E-state index contributed by atoms with van der Waals surface area (Å²) in [7, 11) is 0. The van der Waals surface area contributed by atoms with Crippen molar-refractivity contribution in [1.29, 1.82) is 0 Å². The molecule has 0 aliphatic heterocycles. The van der Waals surface area contributed by atoms with Crippen LogP contribution in [0.1, 0.15) is 36.8 Å². The van der Waals surface area contributed by atoms with E-state index < -0.39 is 0 Å². The van der Waals surface area contributed by atoms with Gasteiger partial charge in [-0.25, -0.2) is 0 Å². The summed E-state index contributed by atoms with van der Waals surface area (Å²) >= 11 is 3.69. The molecule has 0 N–H and O–H groups in total. The fourth-order valence-electron chi connectivity index (χ4n) is 2.46. The van der Waals surface area contributed by atoms with Gasteiger partial charge in [-0.2, -0.15) is 0 Å². The predicted molar refractivity (Wildman–Crippen MR) is 65.1 cm³/mol. The van der Waals surface area contributed by atoms with Crippen molar-refractivity contribution < 1.29 is 0 Å². The van der Waals surface area contributed by atoms with Crippen molar-refractivity contribution in [3.8, 4) is 0 Å². The zero-order valence-corrected chi connectivity index (χ0v) is 10.3. The molecule has 0 saturated heterocycles. The molecule has 1 aromatic carbocycles. The minimum Gasteiger partial charge on any atom is -0.0918 e. The molecule has 2 rings (SSSR count). The molecule has 1 aliphatic carbocycles. The minimum absolute atomic E-state index is 0.438. The van der Waals surface area contributed by atoms with Gasteiger partial charge in [0, 0.05) is 10.7 Å². The highest BCUT2D eigenvalue weighted by molar-refractivity contribution is 9.09. The van der Waals surface area contributed by atoms with Gasteiger partial charge in [-0.1, -0.05) is 58.6 Å². The molecule has 1 aliphatic rings. The number of alkyl halides is 1. The van der Waals surface area contributed by atoms with Crippen molar-refractivity contribution in [2.75, 3.05) is 5.33 Å². The van der Waals surface area contributed by atoms with Crippen molar-refractivity contribution in [3.63, 3.8) is 0 Å². The third-order valence-corrected chi connectivity index (χ3v) is 4.55. The highest BCUT2D eigenvalue weighted by Gasteiger charge is 2.34. The Kier molecular flexibility index (Phi) is 2.96. The molecular weight excluding hydrogens is 236 g/mol. The van der Waals surface area contributed by atoms with Crippen LogP contribution < -0.4 is 0 Å². The smallest absolute Gasteiger partial charge is 0.0129 e. The van der Waals surface area contributed by atoms with Gasteiger partial charge in [0.05, 0.1) is 0 Å². The van der Waals surface area contributed by atoms with E-state index in [1.165, 1.54) is 36.8 Å². The summed E-state index contributed by atoms with van der Waals surface area (Å²) in [5.74, 6) is 0. The maximum atomic E-state index is 3.69. The molecule has 76 valence electrons. The summed E-state index contributed by atoms with van der Waals surface area (Å²) in [4.78, 5) is 0.